The SMILES string of the molecule is Cc1cc(NC(=O)CCOCC(F)F)ccc1S(=O)(=O)Cl. The largest absolute Gasteiger partial charge is 0.375 e. The van der Waals surface area contributed by atoms with Crippen LogP contribution in [0.3, 0.4) is 0 Å². The van der Waals surface area contributed by atoms with Crippen LogP contribution in [0, 0.1) is 6.92 Å². The van der Waals surface area contributed by atoms with E-state index in [1.807, 2.05) is 0 Å². The third-order valence-electron chi connectivity index (χ3n) is 2.44. The Morgan fingerprint density at radius 2 is 2.10 bits per heavy atom. The Morgan fingerprint density at radius 3 is 2.62 bits per heavy atom. The molecular weight excluding hydrogens is 328 g/mol. The molecule has 5 nitrogen and oxygen atoms in total. The van der Waals surface area contributed by atoms with Crippen LogP contribution >= 0.6 is 10.7 Å². The molecule has 9 heteroatoms. The zero-order chi connectivity index (χ0) is 16.0. The van der Waals surface area contributed by atoms with E-state index in [-0.39, 0.29) is 17.9 Å². The summed E-state index contributed by atoms with van der Waals surface area (Å²) in [6.07, 6.45) is -2.65. The highest BCUT2D eigenvalue weighted by molar-refractivity contribution is 8.13. The first-order chi connectivity index (χ1) is 9.70. The molecule has 1 aromatic rings. The van der Waals surface area contributed by atoms with E-state index < -0.39 is 28.0 Å². The van der Waals surface area contributed by atoms with Crippen molar-refractivity contribution in [2.24, 2.45) is 0 Å². The lowest BCUT2D eigenvalue weighted by molar-refractivity contribution is -0.117. The summed E-state index contributed by atoms with van der Waals surface area (Å²) in [7, 11) is 1.40. The van der Waals surface area contributed by atoms with Gasteiger partial charge < -0.3 is 10.1 Å². The first-order valence-corrected chi connectivity index (χ1v) is 8.22. The number of carbonyl (C=O) groups excluding carboxylic acids is 1. The van der Waals surface area contributed by atoms with Crippen molar-refractivity contribution in [3.05, 3.63) is 23.8 Å². The fourth-order valence-electron chi connectivity index (χ4n) is 1.56. The molecule has 0 heterocycles. The number of benzene rings is 1. The summed E-state index contributed by atoms with van der Waals surface area (Å²) in [5.74, 6) is -0.426. The molecular formula is C12H14ClF2NO4S. The molecule has 0 fully saturated rings. The predicted octanol–water partition coefficient (Wildman–Crippen LogP) is 2.53. The van der Waals surface area contributed by atoms with Gasteiger partial charge in [0.05, 0.1) is 17.9 Å². The van der Waals surface area contributed by atoms with Crippen molar-refractivity contribution in [2.75, 3.05) is 18.5 Å². The standard InChI is InChI=1S/C12H14ClF2NO4S/c1-8-6-9(2-3-10(8)21(13,18)19)16-12(17)4-5-20-7-11(14)15/h2-3,6,11H,4-5,7H2,1H3,(H,16,17). The number of hydrogen-bond acceptors (Lipinski definition) is 4. The Balaban J connectivity index is 2.56. The Kier molecular flexibility index (Phi) is 6.50. The van der Waals surface area contributed by atoms with Gasteiger partial charge in [-0.2, -0.15) is 0 Å². The zero-order valence-electron chi connectivity index (χ0n) is 11.1. The molecule has 0 saturated carbocycles. The third-order valence-corrected chi connectivity index (χ3v) is 3.92. The van der Waals surface area contributed by atoms with Gasteiger partial charge in [-0.1, -0.05) is 0 Å². The molecule has 0 saturated heterocycles. The normalized spacial score (nSPS) is 11.7. The number of nitrogens with one attached hydrogen (secondary N) is 1. The monoisotopic (exact) mass is 341 g/mol. The molecule has 0 aromatic heterocycles. The molecule has 1 N–H and O–H groups in total. The van der Waals surface area contributed by atoms with Gasteiger partial charge in [0.15, 0.2) is 0 Å². The van der Waals surface area contributed by atoms with Gasteiger partial charge in [-0.25, -0.2) is 17.2 Å². The van der Waals surface area contributed by atoms with Crippen LogP contribution < -0.4 is 5.32 Å². The fraction of sp³-hybridized carbons (Fsp3) is 0.417. The molecule has 0 aliphatic heterocycles. The van der Waals surface area contributed by atoms with Crippen molar-refractivity contribution in [3.63, 3.8) is 0 Å². The maximum absolute atomic E-state index is 11.8. The highest BCUT2D eigenvalue weighted by Gasteiger charge is 2.14. The number of carbonyl (C=O) groups is 1. The minimum absolute atomic E-state index is 0.0394. The lowest BCUT2D eigenvalue weighted by Crippen LogP contribution is -2.15. The first-order valence-electron chi connectivity index (χ1n) is 5.91. The van der Waals surface area contributed by atoms with Crippen molar-refractivity contribution < 1.29 is 26.7 Å². The number of ether oxygens (including phenoxy) is 1. The average Bonchev–Trinajstić information content (AvgIpc) is 2.33. The molecule has 0 radical (unpaired) electrons. The molecule has 1 aromatic carbocycles. The minimum Gasteiger partial charge on any atom is -0.375 e. The van der Waals surface area contributed by atoms with Crippen molar-refractivity contribution in [1.82, 2.24) is 0 Å². The topological polar surface area (TPSA) is 72.5 Å². The molecule has 1 rings (SSSR count). The van der Waals surface area contributed by atoms with Gasteiger partial charge in [-0.15, -0.1) is 0 Å². The first kappa shape index (κ1) is 17.8. The molecule has 1 amide bonds. The molecule has 118 valence electrons. The van der Waals surface area contributed by atoms with Crippen LogP contribution in [-0.4, -0.2) is 34.0 Å². The average molecular weight is 342 g/mol. The van der Waals surface area contributed by atoms with Crippen molar-refractivity contribution in [1.29, 1.82) is 0 Å². The molecule has 0 atom stereocenters. The van der Waals surface area contributed by atoms with Crippen LogP contribution in [0.1, 0.15) is 12.0 Å². The second-order valence-electron chi connectivity index (χ2n) is 4.18. The van der Waals surface area contributed by atoms with E-state index in [4.69, 9.17) is 10.7 Å². The smallest absolute Gasteiger partial charge is 0.261 e. The number of amides is 1. The van der Waals surface area contributed by atoms with Crippen LogP contribution in [0.15, 0.2) is 23.1 Å². The second-order valence-corrected chi connectivity index (χ2v) is 6.72. The summed E-state index contributed by atoms with van der Waals surface area (Å²) in [6, 6.07) is 4.12. The third kappa shape index (κ3) is 6.36. The van der Waals surface area contributed by atoms with E-state index in [9.17, 15) is 22.0 Å². The van der Waals surface area contributed by atoms with E-state index in [1.54, 1.807) is 0 Å². The Labute approximate surface area is 125 Å². The summed E-state index contributed by atoms with van der Waals surface area (Å²) in [6.45, 7) is 0.703. The summed E-state index contributed by atoms with van der Waals surface area (Å²) < 4.78 is 50.6. The maximum atomic E-state index is 11.8. The zero-order valence-corrected chi connectivity index (χ0v) is 12.7. The van der Waals surface area contributed by atoms with E-state index in [2.05, 4.69) is 10.1 Å². The lowest BCUT2D eigenvalue weighted by atomic mass is 10.2. The van der Waals surface area contributed by atoms with Crippen LogP contribution in [0.25, 0.3) is 0 Å². The van der Waals surface area contributed by atoms with Gasteiger partial charge in [-0.3, -0.25) is 4.79 Å². The molecule has 0 spiro atoms. The molecule has 0 aliphatic rings. The van der Waals surface area contributed by atoms with E-state index >= 15 is 0 Å². The Morgan fingerprint density at radius 1 is 1.43 bits per heavy atom. The number of aryl methyl sites for hydroxylation is 1. The van der Waals surface area contributed by atoms with Crippen LogP contribution in [0.4, 0.5) is 14.5 Å². The summed E-state index contributed by atoms with van der Waals surface area (Å²) in [5.41, 5.74) is 0.771. The second kappa shape index (κ2) is 7.67. The summed E-state index contributed by atoms with van der Waals surface area (Å²) in [5, 5.41) is 2.51. The number of rotatable bonds is 7. The van der Waals surface area contributed by atoms with Crippen molar-refractivity contribution >= 4 is 31.3 Å². The van der Waals surface area contributed by atoms with E-state index in [0.717, 1.165) is 0 Å². The van der Waals surface area contributed by atoms with Crippen LogP contribution in [0.2, 0.25) is 0 Å². The van der Waals surface area contributed by atoms with E-state index in [0.29, 0.717) is 11.3 Å². The van der Waals surface area contributed by atoms with Crippen molar-refractivity contribution in [2.45, 2.75) is 24.7 Å². The van der Waals surface area contributed by atoms with Gasteiger partial charge in [-0.05, 0) is 30.7 Å². The quantitative estimate of drug-likeness (QED) is 0.611. The van der Waals surface area contributed by atoms with Gasteiger partial charge in [0, 0.05) is 16.4 Å². The highest BCUT2D eigenvalue weighted by atomic mass is 35.7. The van der Waals surface area contributed by atoms with Crippen LogP contribution in [0.5, 0.6) is 0 Å². The summed E-state index contributed by atoms with van der Waals surface area (Å²) in [4.78, 5) is 11.5. The van der Waals surface area contributed by atoms with Crippen molar-refractivity contribution in [3.8, 4) is 0 Å². The highest BCUT2D eigenvalue weighted by Crippen LogP contribution is 2.22. The van der Waals surface area contributed by atoms with Gasteiger partial charge in [0.1, 0.15) is 6.61 Å². The fourth-order valence-corrected chi connectivity index (χ4v) is 2.75. The van der Waals surface area contributed by atoms with Gasteiger partial charge >= 0.3 is 0 Å². The van der Waals surface area contributed by atoms with E-state index in [1.165, 1.54) is 25.1 Å². The molecule has 0 unspecified atom stereocenters. The molecule has 0 aliphatic carbocycles. The Bertz CT molecular complexity index is 607. The van der Waals surface area contributed by atoms with Crippen LogP contribution in [-0.2, 0) is 18.6 Å². The number of anilines is 1. The summed E-state index contributed by atoms with van der Waals surface area (Å²) >= 11 is 0. The lowest BCUT2D eigenvalue weighted by Gasteiger charge is -2.08. The Hall–Kier alpha value is -1.25. The van der Waals surface area contributed by atoms with Gasteiger partial charge in [0.2, 0.25) is 5.91 Å². The number of halogens is 3. The maximum Gasteiger partial charge on any atom is 0.261 e. The molecule has 0 bridgehead atoms. The number of alkyl halides is 2. The number of hydrogen-bond donors (Lipinski definition) is 1. The van der Waals surface area contributed by atoms with Gasteiger partial charge in [0.25, 0.3) is 15.5 Å². The molecule has 21 heavy (non-hydrogen) atoms. The minimum atomic E-state index is -3.84. The predicted molar refractivity (Wildman–Crippen MR) is 74.3 cm³/mol.